The Bertz CT molecular complexity index is 911. The molecule has 3 aromatic rings. The van der Waals surface area contributed by atoms with Crippen LogP contribution < -0.4 is 5.73 Å². The van der Waals surface area contributed by atoms with E-state index in [0.717, 1.165) is 47.1 Å². The number of rotatable bonds is 1. The SMILES string of the molecule is Nc1c2c(nc3ccccc13)/C(=C/c1ccc(O)cc1)CCC2. The molecule has 1 aromatic heterocycles. The quantitative estimate of drug-likeness (QED) is 0.700. The first-order valence-corrected chi connectivity index (χ1v) is 7.89. The maximum atomic E-state index is 9.43. The molecule has 23 heavy (non-hydrogen) atoms. The minimum atomic E-state index is 0.282. The second-order valence-corrected chi connectivity index (χ2v) is 5.98. The summed E-state index contributed by atoms with van der Waals surface area (Å²) >= 11 is 0. The Labute approximate surface area is 135 Å². The normalized spacial score (nSPS) is 15.7. The van der Waals surface area contributed by atoms with Gasteiger partial charge in [-0.05, 0) is 54.7 Å². The largest absolute Gasteiger partial charge is 0.508 e. The molecule has 0 amide bonds. The van der Waals surface area contributed by atoms with Crippen LogP contribution in [0.1, 0.15) is 29.7 Å². The van der Waals surface area contributed by atoms with E-state index in [1.807, 2.05) is 36.4 Å². The van der Waals surface area contributed by atoms with Gasteiger partial charge in [-0.1, -0.05) is 30.3 Å². The summed E-state index contributed by atoms with van der Waals surface area (Å²) in [4.78, 5) is 4.87. The van der Waals surface area contributed by atoms with E-state index in [4.69, 9.17) is 10.7 Å². The molecule has 1 heterocycles. The Hall–Kier alpha value is -2.81. The van der Waals surface area contributed by atoms with Crippen LogP contribution >= 0.6 is 0 Å². The summed E-state index contributed by atoms with van der Waals surface area (Å²) in [7, 11) is 0. The zero-order chi connectivity index (χ0) is 15.8. The van der Waals surface area contributed by atoms with E-state index in [1.165, 1.54) is 11.1 Å². The van der Waals surface area contributed by atoms with Crippen molar-refractivity contribution in [2.75, 3.05) is 5.73 Å². The molecule has 4 rings (SSSR count). The molecule has 1 aliphatic rings. The van der Waals surface area contributed by atoms with Crippen molar-refractivity contribution < 1.29 is 5.11 Å². The lowest BCUT2D eigenvalue weighted by Gasteiger charge is -2.21. The van der Waals surface area contributed by atoms with Gasteiger partial charge in [-0.3, -0.25) is 0 Å². The molecule has 0 spiro atoms. The molecule has 2 aromatic carbocycles. The van der Waals surface area contributed by atoms with Crippen LogP contribution in [0.2, 0.25) is 0 Å². The first-order valence-electron chi connectivity index (χ1n) is 7.89. The first-order chi connectivity index (χ1) is 11.2. The monoisotopic (exact) mass is 302 g/mol. The van der Waals surface area contributed by atoms with E-state index in [1.54, 1.807) is 12.1 Å². The van der Waals surface area contributed by atoms with Gasteiger partial charge in [-0.25, -0.2) is 4.98 Å². The van der Waals surface area contributed by atoms with Crippen LogP contribution in [0.15, 0.2) is 48.5 Å². The maximum Gasteiger partial charge on any atom is 0.115 e. The zero-order valence-electron chi connectivity index (χ0n) is 12.8. The number of para-hydroxylation sites is 1. The van der Waals surface area contributed by atoms with Crippen LogP contribution in [0.25, 0.3) is 22.6 Å². The second kappa shape index (κ2) is 5.43. The molecule has 114 valence electrons. The fraction of sp³-hybridized carbons (Fsp3) is 0.150. The van der Waals surface area contributed by atoms with Crippen molar-refractivity contribution in [3.63, 3.8) is 0 Å². The predicted molar refractivity (Wildman–Crippen MR) is 95.1 cm³/mol. The molecule has 0 fully saturated rings. The number of hydrogen-bond acceptors (Lipinski definition) is 3. The van der Waals surface area contributed by atoms with Gasteiger partial charge in [0.15, 0.2) is 0 Å². The molecule has 1 aliphatic carbocycles. The van der Waals surface area contributed by atoms with Crippen LogP contribution in [0.5, 0.6) is 5.75 Å². The van der Waals surface area contributed by atoms with Crippen molar-refractivity contribution >= 4 is 28.2 Å². The number of anilines is 1. The van der Waals surface area contributed by atoms with Crippen LogP contribution in [0.4, 0.5) is 5.69 Å². The van der Waals surface area contributed by atoms with E-state index in [9.17, 15) is 5.11 Å². The van der Waals surface area contributed by atoms with E-state index >= 15 is 0 Å². The molecule has 0 radical (unpaired) electrons. The molecule has 0 aliphatic heterocycles. The van der Waals surface area contributed by atoms with Gasteiger partial charge in [0, 0.05) is 16.6 Å². The molecule has 3 N–H and O–H groups in total. The van der Waals surface area contributed by atoms with E-state index in [-0.39, 0.29) is 5.75 Å². The molecular formula is C20H18N2O. The highest BCUT2D eigenvalue weighted by molar-refractivity contribution is 5.96. The Morgan fingerprint density at radius 1 is 1.00 bits per heavy atom. The van der Waals surface area contributed by atoms with Gasteiger partial charge >= 0.3 is 0 Å². The number of phenolic OH excluding ortho intramolecular Hbond substituents is 1. The summed E-state index contributed by atoms with van der Waals surface area (Å²) in [6, 6.07) is 15.3. The maximum absolute atomic E-state index is 9.43. The van der Waals surface area contributed by atoms with Crippen LogP contribution in [-0.2, 0) is 6.42 Å². The summed E-state index contributed by atoms with van der Waals surface area (Å²) in [5.41, 5.74) is 12.7. The van der Waals surface area contributed by atoms with E-state index < -0.39 is 0 Å². The Morgan fingerprint density at radius 3 is 2.61 bits per heavy atom. The van der Waals surface area contributed by atoms with Crippen LogP contribution in [0.3, 0.4) is 0 Å². The van der Waals surface area contributed by atoms with Crippen LogP contribution in [0, 0.1) is 0 Å². The number of aromatic hydroxyl groups is 1. The summed E-state index contributed by atoms with van der Waals surface area (Å²) in [5, 5.41) is 10.5. The van der Waals surface area contributed by atoms with Gasteiger partial charge in [-0.2, -0.15) is 0 Å². The Morgan fingerprint density at radius 2 is 1.78 bits per heavy atom. The van der Waals surface area contributed by atoms with E-state index in [2.05, 4.69) is 6.08 Å². The third-order valence-corrected chi connectivity index (χ3v) is 4.45. The minimum Gasteiger partial charge on any atom is -0.508 e. The highest BCUT2D eigenvalue weighted by Gasteiger charge is 2.20. The van der Waals surface area contributed by atoms with Crippen molar-refractivity contribution in [1.82, 2.24) is 4.98 Å². The first kappa shape index (κ1) is 13.8. The highest BCUT2D eigenvalue weighted by atomic mass is 16.3. The lowest BCUT2D eigenvalue weighted by Crippen LogP contribution is -2.09. The highest BCUT2D eigenvalue weighted by Crippen LogP contribution is 2.37. The number of phenols is 1. The number of nitrogen functional groups attached to an aromatic ring is 1. The number of benzene rings is 2. The molecular weight excluding hydrogens is 284 g/mol. The number of nitrogens with two attached hydrogens (primary N) is 1. The minimum absolute atomic E-state index is 0.282. The summed E-state index contributed by atoms with van der Waals surface area (Å²) in [6.07, 6.45) is 5.21. The van der Waals surface area contributed by atoms with Crippen molar-refractivity contribution in [2.24, 2.45) is 0 Å². The van der Waals surface area contributed by atoms with Gasteiger partial charge in [0.05, 0.1) is 11.2 Å². The molecule has 0 unspecified atom stereocenters. The van der Waals surface area contributed by atoms with Gasteiger partial charge < -0.3 is 10.8 Å². The average molecular weight is 302 g/mol. The fourth-order valence-corrected chi connectivity index (χ4v) is 3.28. The van der Waals surface area contributed by atoms with Gasteiger partial charge in [0.25, 0.3) is 0 Å². The standard InChI is InChI=1S/C20H18N2O/c21-19-16-5-1-2-7-18(16)22-20-14(4-3-6-17(19)20)12-13-8-10-15(23)11-9-13/h1-2,5,7-12,23H,3-4,6H2,(H2,21,22)/b14-12+. The van der Waals surface area contributed by atoms with Crippen LogP contribution in [-0.4, -0.2) is 10.1 Å². The van der Waals surface area contributed by atoms with Crippen molar-refractivity contribution in [1.29, 1.82) is 0 Å². The van der Waals surface area contributed by atoms with Gasteiger partial charge in [-0.15, -0.1) is 0 Å². The number of fused-ring (bicyclic) bond motifs is 2. The number of nitrogens with zero attached hydrogens (tertiary/aromatic N) is 1. The molecule has 0 bridgehead atoms. The summed E-state index contributed by atoms with van der Waals surface area (Å²) in [5.74, 6) is 0.282. The van der Waals surface area contributed by atoms with E-state index in [0.29, 0.717) is 0 Å². The third-order valence-electron chi connectivity index (χ3n) is 4.45. The number of aromatic nitrogens is 1. The number of allylic oxidation sites excluding steroid dienone is 1. The fourth-order valence-electron chi connectivity index (χ4n) is 3.28. The predicted octanol–water partition coefficient (Wildman–Crippen LogP) is 4.40. The Balaban J connectivity index is 1.89. The molecule has 0 saturated heterocycles. The summed E-state index contributed by atoms with van der Waals surface area (Å²) < 4.78 is 0. The average Bonchev–Trinajstić information content (AvgIpc) is 2.58. The van der Waals surface area contributed by atoms with Crippen molar-refractivity contribution in [3.8, 4) is 5.75 Å². The molecule has 0 saturated carbocycles. The second-order valence-electron chi connectivity index (χ2n) is 5.98. The Kier molecular flexibility index (Phi) is 3.27. The van der Waals surface area contributed by atoms with Gasteiger partial charge in [0.2, 0.25) is 0 Å². The molecule has 3 heteroatoms. The summed E-state index contributed by atoms with van der Waals surface area (Å²) in [6.45, 7) is 0. The number of pyridine rings is 1. The third kappa shape index (κ3) is 2.44. The smallest absolute Gasteiger partial charge is 0.115 e. The number of hydrogen-bond donors (Lipinski definition) is 2. The lowest BCUT2D eigenvalue weighted by molar-refractivity contribution is 0.475. The molecule has 0 atom stereocenters. The lowest BCUT2D eigenvalue weighted by atomic mass is 9.88. The van der Waals surface area contributed by atoms with Crippen molar-refractivity contribution in [2.45, 2.75) is 19.3 Å². The zero-order valence-corrected chi connectivity index (χ0v) is 12.8. The van der Waals surface area contributed by atoms with Crippen molar-refractivity contribution in [3.05, 3.63) is 65.4 Å². The topological polar surface area (TPSA) is 59.1 Å². The van der Waals surface area contributed by atoms with Gasteiger partial charge in [0.1, 0.15) is 5.75 Å². The molecule has 3 nitrogen and oxygen atoms in total.